The minimum atomic E-state index is -0.406. The molecular formula is C18H14N2O4. The third-order valence-electron chi connectivity index (χ3n) is 3.66. The molecule has 120 valence electrons. The van der Waals surface area contributed by atoms with Gasteiger partial charge in [-0.05, 0) is 30.3 Å². The van der Waals surface area contributed by atoms with Crippen LogP contribution >= 0.6 is 0 Å². The van der Waals surface area contributed by atoms with E-state index >= 15 is 0 Å². The molecule has 1 aliphatic rings. The SMILES string of the molecule is CC(=O)Nc1ccc(C(=O)c2ccc3c(c2)NC(=O)/C3=C\O)cc1. The lowest BCUT2D eigenvalue weighted by Gasteiger charge is -2.06. The van der Waals surface area contributed by atoms with Crippen LogP contribution in [0.1, 0.15) is 28.4 Å². The number of carbonyl (C=O) groups excluding carboxylic acids is 3. The molecular weight excluding hydrogens is 308 g/mol. The molecule has 2 aromatic carbocycles. The van der Waals surface area contributed by atoms with E-state index in [1.54, 1.807) is 42.5 Å². The molecule has 6 heteroatoms. The van der Waals surface area contributed by atoms with Crippen molar-refractivity contribution in [3.8, 4) is 0 Å². The highest BCUT2D eigenvalue weighted by atomic mass is 16.2. The van der Waals surface area contributed by atoms with E-state index in [0.29, 0.717) is 28.1 Å². The second-order valence-corrected chi connectivity index (χ2v) is 5.34. The number of amides is 2. The Hall–Kier alpha value is -3.41. The number of hydrogen-bond acceptors (Lipinski definition) is 4. The Morgan fingerprint density at radius 3 is 2.38 bits per heavy atom. The van der Waals surface area contributed by atoms with Crippen LogP contribution in [0.15, 0.2) is 48.7 Å². The number of benzene rings is 2. The van der Waals surface area contributed by atoms with Crippen molar-refractivity contribution >= 4 is 34.5 Å². The van der Waals surface area contributed by atoms with E-state index in [9.17, 15) is 14.4 Å². The third-order valence-corrected chi connectivity index (χ3v) is 3.66. The maximum absolute atomic E-state index is 12.5. The number of aliphatic hydroxyl groups excluding tert-OH is 1. The van der Waals surface area contributed by atoms with E-state index in [1.807, 2.05) is 0 Å². The zero-order chi connectivity index (χ0) is 17.3. The summed E-state index contributed by atoms with van der Waals surface area (Å²) in [4.78, 5) is 35.2. The summed E-state index contributed by atoms with van der Waals surface area (Å²) in [6.07, 6.45) is 0.753. The molecule has 3 N–H and O–H groups in total. The normalized spacial score (nSPS) is 14.2. The fourth-order valence-corrected chi connectivity index (χ4v) is 2.54. The zero-order valence-corrected chi connectivity index (χ0v) is 12.8. The molecule has 0 saturated heterocycles. The number of ketones is 1. The first kappa shape index (κ1) is 15.5. The monoisotopic (exact) mass is 322 g/mol. The Balaban J connectivity index is 1.88. The highest BCUT2D eigenvalue weighted by molar-refractivity contribution is 6.31. The molecule has 3 rings (SSSR count). The minimum Gasteiger partial charge on any atom is -0.515 e. The van der Waals surface area contributed by atoms with E-state index in [0.717, 1.165) is 6.26 Å². The molecule has 0 saturated carbocycles. The van der Waals surface area contributed by atoms with Gasteiger partial charge in [-0.25, -0.2) is 0 Å². The smallest absolute Gasteiger partial charge is 0.259 e. The average Bonchev–Trinajstić information content (AvgIpc) is 2.88. The lowest BCUT2D eigenvalue weighted by molar-refractivity contribution is -0.114. The molecule has 0 aromatic heterocycles. The number of aliphatic hydroxyl groups is 1. The summed E-state index contributed by atoms with van der Waals surface area (Å²) in [6.45, 7) is 1.41. The molecule has 0 fully saturated rings. The average molecular weight is 322 g/mol. The number of fused-ring (bicyclic) bond motifs is 1. The summed E-state index contributed by atoms with van der Waals surface area (Å²) in [6, 6.07) is 11.3. The second-order valence-electron chi connectivity index (χ2n) is 5.34. The molecule has 1 aliphatic heterocycles. The molecule has 2 aromatic rings. The number of anilines is 2. The van der Waals surface area contributed by atoms with Gasteiger partial charge < -0.3 is 15.7 Å². The van der Waals surface area contributed by atoms with E-state index in [1.165, 1.54) is 6.92 Å². The van der Waals surface area contributed by atoms with Gasteiger partial charge in [-0.15, -0.1) is 0 Å². The molecule has 0 unspecified atom stereocenters. The van der Waals surface area contributed by atoms with Crippen molar-refractivity contribution in [2.24, 2.45) is 0 Å². The van der Waals surface area contributed by atoms with Crippen LogP contribution in [0.5, 0.6) is 0 Å². The van der Waals surface area contributed by atoms with Gasteiger partial charge in [0.1, 0.15) is 0 Å². The van der Waals surface area contributed by atoms with Crippen LogP contribution in [-0.2, 0) is 9.59 Å². The van der Waals surface area contributed by atoms with Gasteiger partial charge in [-0.1, -0.05) is 12.1 Å². The summed E-state index contributed by atoms with van der Waals surface area (Å²) in [5.41, 5.74) is 2.70. The van der Waals surface area contributed by atoms with E-state index < -0.39 is 5.91 Å². The van der Waals surface area contributed by atoms with Crippen molar-refractivity contribution in [1.82, 2.24) is 0 Å². The summed E-state index contributed by atoms with van der Waals surface area (Å²) < 4.78 is 0. The van der Waals surface area contributed by atoms with Crippen molar-refractivity contribution in [3.05, 3.63) is 65.4 Å². The Kier molecular flexibility index (Phi) is 3.87. The summed E-state index contributed by atoms with van der Waals surface area (Å²) in [7, 11) is 0. The minimum absolute atomic E-state index is 0.170. The second kappa shape index (κ2) is 6.00. The Bertz CT molecular complexity index is 882. The summed E-state index contributed by atoms with van der Waals surface area (Å²) in [5.74, 6) is -0.796. The van der Waals surface area contributed by atoms with E-state index in [2.05, 4.69) is 10.6 Å². The first-order chi connectivity index (χ1) is 11.5. The third kappa shape index (κ3) is 2.77. The Labute approximate surface area is 137 Å². The topological polar surface area (TPSA) is 95.5 Å². The maximum atomic E-state index is 12.5. The van der Waals surface area contributed by atoms with Crippen LogP contribution in [0, 0.1) is 0 Å². The summed E-state index contributed by atoms with van der Waals surface area (Å²) >= 11 is 0. The number of rotatable bonds is 3. The van der Waals surface area contributed by atoms with Gasteiger partial charge in [0.15, 0.2) is 5.78 Å². The van der Waals surface area contributed by atoms with Gasteiger partial charge in [0.05, 0.1) is 11.8 Å². The van der Waals surface area contributed by atoms with E-state index in [-0.39, 0.29) is 17.3 Å². The van der Waals surface area contributed by atoms with Gasteiger partial charge >= 0.3 is 0 Å². The fraction of sp³-hybridized carbons (Fsp3) is 0.0556. The molecule has 24 heavy (non-hydrogen) atoms. The lowest BCUT2D eigenvalue weighted by Crippen LogP contribution is -2.07. The summed E-state index contributed by atoms with van der Waals surface area (Å²) in [5, 5.41) is 14.4. The fourth-order valence-electron chi connectivity index (χ4n) is 2.54. The maximum Gasteiger partial charge on any atom is 0.259 e. The van der Waals surface area contributed by atoms with Gasteiger partial charge in [-0.2, -0.15) is 0 Å². The van der Waals surface area contributed by atoms with Crippen molar-refractivity contribution in [1.29, 1.82) is 0 Å². The number of nitrogens with one attached hydrogen (secondary N) is 2. The molecule has 0 aliphatic carbocycles. The van der Waals surface area contributed by atoms with Crippen molar-refractivity contribution in [3.63, 3.8) is 0 Å². The highest BCUT2D eigenvalue weighted by Gasteiger charge is 2.25. The predicted octanol–water partition coefficient (Wildman–Crippen LogP) is 2.73. The molecule has 0 bridgehead atoms. The quantitative estimate of drug-likeness (QED) is 0.460. The first-order valence-corrected chi connectivity index (χ1v) is 7.22. The van der Waals surface area contributed by atoms with Crippen LogP contribution in [0.4, 0.5) is 11.4 Å². The van der Waals surface area contributed by atoms with Crippen LogP contribution in [0.2, 0.25) is 0 Å². The van der Waals surface area contributed by atoms with E-state index in [4.69, 9.17) is 5.11 Å². The molecule has 0 radical (unpaired) electrons. The molecule has 0 spiro atoms. The van der Waals surface area contributed by atoms with Crippen LogP contribution < -0.4 is 10.6 Å². The first-order valence-electron chi connectivity index (χ1n) is 7.22. The Morgan fingerprint density at radius 1 is 1.08 bits per heavy atom. The van der Waals surface area contributed by atoms with Crippen LogP contribution in [0.3, 0.4) is 0 Å². The zero-order valence-electron chi connectivity index (χ0n) is 12.8. The Morgan fingerprint density at radius 2 is 1.75 bits per heavy atom. The lowest BCUT2D eigenvalue weighted by atomic mass is 9.99. The van der Waals surface area contributed by atoms with Gasteiger partial charge in [0, 0.05) is 35.0 Å². The van der Waals surface area contributed by atoms with Crippen molar-refractivity contribution < 1.29 is 19.5 Å². The molecule has 6 nitrogen and oxygen atoms in total. The number of hydrogen-bond donors (Lipinski definition) is 3. The standard InChI is InChI=1S/C18H14N2O4/c1-10(22)19-13-5-2-11(3-6-13)17(23)12-4-7-14-15(9-21)18(24)20-16(14)8-12/h2-9,21H,1H3,(H,19,22)(H,20,24)/b15-9-. The molecule has 2 amide bonds. The predicted molar refractivity (Wildman–Crippen MR) is 89.9 cm³/mol. The molecule has 1 heterocycles. The highest BCUT2D eigenvalue weighted by Crippen LogP contribution is 2.32. The largest absolute Gasteiger partial charge is 0.515 e. The molecule has 0 atom stereocenters. The van der Waals surface area contributed by atoms with Gasteiger partial charge in [-0.3, -0.25) is 14.4 Å². The van der Waals surface area contributed by atoms with Gasteiger partial charge in [0.25, 0.3) is 5.91 Å². The van der Waals surface area contributed by atoms with Gasteiger partial charge in [0.2, 0.25) is 5.91 Å². The van der Waals surface area contributed by atoms with Crippen LogP contribution in [0.25, 0.3) is 5.57 Å². The van der Waals surface area contributed by atoms with Crippen molar-refractivity contribution in [2.75, 3.05) is 10.6 Å². The van der Waals surface area contributed by atoms with Crippen LogP contribution in [-0.4, -0.2) is 22.7 Å². The number of carbonyl (C=O) groups is 3. The van der Waals surface area contributed by atoms with Crippen molar-refractivity contribution in [2.45, 2.75) is 6.92 Å².